The highest BCUT2D eigenvalue weighted by Crippen LogP contribution is 2.11. The molecule has 2 heterocycles. The number of aryl methyl sites for hydroxylation is 2. The molecule has 0 fully saturated rings. The number of hydrogen-bond donors (Lipinski definition) is 3. The van der Waals surface area contributed by atoms with Gasteiger partial charge in [-0.3, -0.25) is 29.9 Å². The summed E-state index contributed by atoms with van der Waals surface area (Å²) in [5.41, 5.74) is 5.88. The largest absolute Gasteiger partial charge is 0.290 e. The van der Waals surface area contributed by atoms with Crippen molar-refractivity contribution in [3.8, 4) is 0 Å². The lowest BCUT2D eigenvalue weighted by Crippen LogP contribution is -2.44. The third kappa shape index (κ3) is 3.39. The Morgan fingerprint density at radius 2 is 1.88 bits per heavy atom. The molecule has 9 nitrogen and oxygen atoms in total. The zero-order chi connectivity index (χ0) is 18.0. The molecule has 0 radical (unpaired) electrons. The van der Waals surface area contributed by atoms with E-state index in [1.807, 2.05) is 19.9 Å². The van der Waals surface area contributed by atoms with Crippen molar-refractivity contribution in [3.05, 3.63) is 57.8 Å². The molecule has 0 aliphatic carbocycles. The molecule has 0 saturated heterocycles. The molecule has 0 unspecified atom stereocenters. The first kappa shape index (κ1) is 16.4. The predicted molar refractivity (Wildman–Crippen MR) is 89.7 cm³/mol. The van der Waals surface area contributed by atoms with Crippen molar-refractivity contribution in [1.82, 2.24) is 30.8 Å². The Labute approximate surface area is 142 Å². The molecule has 0 aliphatic heterocycles. The standard InChI is InChI=1S/C16H16N6O3/c1-9-7-10(2)22(21-9)8-13(23)17-20-16(25)14-11-5-3-4-6-12(11)15(24)19-18-14/h3-7H,8H2,1-2H3,(H,17,23)(H,19,24)(H,20,25). The number of hydrazine groups is 1. The van der Waals surface area contributed by atoms with Crippen LogP contribution in [-0.4, -0.2) is 31.8 Å². The Morgan fingerprint density at radius 1 is 1.16 bits per heavy atom. The van der Waals surface area contributed by atoms with E-state index in [1.54, 1.807) is 24.3 Å². The third-order valence-corrected chi connectivity index (χ3v) is 3.62. The van der Waals surface area contributed by atoms with Gasteiger partial charge < -0.3 is 0 Å². The number of carbonyl (C=O) groups is 2. The summed E-state index contributed by atoms with van der Waals surface area (Å²) in [5.74, 6) is -1.07. The first-order valence-corrected chi connectivity index (χ1v) is 7.53. The molecule has 3 N–H and O–H groups in total. The number of H-pyrrole nitrogens is 1. The van der Waals surface area contributed by atoms with Crippen molar-refractivity contribution in [2.75, 3.05) is 0 Å². The predicted octanol–water partition coefficient (Wildman–Crippen LogP) is 0.198. The lowest BCUT2D eigenvalue weighted by Gasteiger charge is -2.09. The highest BCUT2D eigenvalue weighted by atomic mass is 16.2. The van der Waals surface area contributed by atoms with Gasteiger partial charge >= 0.3 is 0 Å². The molecule has 0 spiro atoms. The minimum atomic E-state index is -0.630. The highest BCUT2D eigenvalue weighted by Gasteiger charge is 2.15. The van der Waals surface area contributed by atoms with E-state index in [4.69, 9.17) is 0 Å². The number of benzene rings is 1. The van der Waals surface area contributed by atoms with E-state index in [0.717, 1.165) is 11.4 Å². The molecule has 25 heavy (non-hydrogen) atoms. The van der Waals surface area contributed by atoms with Crippen LogP contribution in [-0.2, 0) is 11.3 Å². The van der Waals surface area contributed by atoms with Crippen LogP contribution in [0.4, 0.5) is 0 Å². The number of aromatic amines is 1. The van der Waals surface area contributed by atoms with Crippen molar-refractivity contribution >= 4 is 22.6 Å². The number of nitrogens with zero attached hydrogens (tertiary/aromatic N) is 3. The quantitative estimate of drug-likeness (QED) is 0.588. The summed E-state index contributed by atoms with van der Waals surface area (Å²) in [7, 11) is 0. The van der Waals surface area contributed by atoms with Crippen molar-refractivity contribution in [1.29, 1.82) is 0 Å². The fourth-order valence-electron chi connectivity index (χ4n) is 2.48. The van der Waals surface area contributed by atoms with Gasteiger partial charge in [0.15, 0.2) is 5.69 Å². The van der Waals surface area contributed by atoms with Gasteiger partial charge in [0.2, 0.25) is 0 Å². The van der Waals surface area contributed by atoms with Gasteiger partial charge in [0.1, 0.15) is 6.54 Å². The van der Waals surface area contributed by atoms with Gasteiger partial charge in [-0.2, -0.15) is 10.2 Å². The fourth-order valence-corrected chi connectivity index (χ4v) is 2.48. The van der Waals surface area contributed by atoms with Crippen LogP contribution in [0.1, 0.15) is 21.9 Å². The third-order valence-electron chi connectivity index (χ3n) is 3.62. The first-order valence-electron chi connectivity index (χ1n) is 7.53. The maximum absolute atomic E-state index is 12.3. The van der Waals surface area contributed by atoms with Crippen LogP contribution in [0.15, 0.2) is 35.1 Å². The zero-order valence-electron chi connectivity index (χ0n) is 13.7. The van der Waals surface area contributed by atoms with Gasteiger partial charge in [0.05, 0.1) is 11.1 Å². The summed E-state index contributed by atoms with van der Waals surface area (Å²) in [6.45, 7) is 3.64. The molecular weight excluding hydrogens is 324 g/mol. The van der Waals surface area contributed by atoms with Gasteiger partial charge in [0.25, 0.3) is 17.4 Å². The van der Waals surface area contributed by atoms with Gasteiger partial charge in [-0.1, -0.05) is 18.2 Å². The van der Waals surface area contributed by atoms with Gasteiger partial charge in [0, 0.05) is 11.1 Å². The molecule has 2 amide bonds. The summed E-state index contributed by atoms with van der Waals surface area (Å²) in [4.78, 5) is 36.0. The summed E-state index contributed by atoms with van der Waals surface area (Å²) in [5, 5.41) is 11.0. The molecular formula is C16H16N6O3. The Hall–Kier alpha value is -3.49. The van der Waals surface area contributed by atoms with Crippen LogP contribution in [0.25, 0.3) is 10.8 Å². The van der Waals surface area contributed by atoms with Crippen molar-refractivity contribution in [3.63, 3.8) is 0 Å². The monoisotopic (exact) mass is 340 g/mol. The van der Waals surface area contributed by atoms with Crippen molar-refractivity contribution < 1.29 is 9.59 Å². The van der Waals surface area contributed by atoms with E-state index < -0.39 is 11.8 Å². The maximum atomic E-state index is 12.3. The molecule has 0 bridgehead atoms. The van der Waals surface area contributed by atoms with Crippen molar-refractivity contribution in [2.24, 2.45) is 0 Å². The molecule has 0 saturated carbocycles. The smallest absolute Gasteiger partial charge is 0.271 e. The number of nitrogens with one attached hydrogen (secondary N) is 3. The maximum Gasteiger partial charge on any atom is 0.290 e. The summed E-state index contributed by atoms with van der Waals surface area (Å²) in [6.07, 6.45) is 0. The number of amides is 2. The van der Waals surface area contributed by atoms with Crippen LogP contribution in [0, 0.1) is 13.8 Å². The van der Waals surface area contributed by atoms with Crippen LogP contribution in [0.3, 0.4) is 0 Å². The minimum absolute atomic E-state index is 0.0154. The second-order valence-electron chi connectivity index (χ2n) is 5.53. The van der Waals surface area contributed by atoms with Crippen molar-refractivity contribution in [2.45, 2.75) is 20.4 Å². The number of aromatic nitrogens is 4. The number of hydrogen-bond acceptors (Lipinski definition) is 5. The van der Waals surface area contributed by atoms with E-state index >= 15 is 0 Å². The van der Waals surface area contributed by atoms with Gasteiger partial charge in [-0.05, 0) is 26.0 Å². The highest BCUT2D eigenvalue weighted by molar-refractivity contribution is 6.05. The topological polar surface area (TPSA) is 122 Å². The Bertz CT molecular complexity index is 1020. The molecule has 0 aliphatic rings. The molecule has 0 atom stereocenters. The average molecular weight is 340 g/mol. The van der Waals surface area contributed by atoms with Gasteiger partial charge in [-0.15, -0.1) is 0 Å². The molecule has 2 aromatic heterocycles. The Morgan fingerprint density at radius 3 is 2.56 bits per heavy atom. The number of rotatable bonds is 3. The Balaban J connectivity index is 1.71. The van der Waals surface area contributed by atoms with E-state index in [1.165, 1.54) is 4.68 Å². The Kier molecular flexibility index (Phi) is 4.29. The van der Waals surface area contributed by atoms with Crippen LogP contribution < -0.4 is 16.4 Å². The second kappa shape index (κ2) is 6.56. The fraction of sp³-hybridized carbons (Fsp3) is 0.188. The summed E-state index contributed by atoms with van der Waals surface area (Å²) >= 11 is 0. The van der Waals surface area contributed by atoms with Gasteiger partial charge in [-0.25, -0.2) is 5.10 Å². The van der Waals surface area contributed by atoms with E-state index in [2.05, 4.69) is 26.1 Å². The SMILES string of the molecule is Cc1cc(C)n(CC(=O)NNC(=O)c2n[nH]c(=O)c3ccccc23)n1. The zero-order valence-corrected chi connectivity index (χ0v) is 13.7. The molecule has 1 aromatic carbocycles. The molecule has 3 rings (SSSR count). The lowest BCUT2D eigenvalue weighted by molar-refractivity contribution is -0.122. The van der Waals surface area contributed by atoms with E-state index in [9.17, 15) is 14.4 Å². The summed E-state index contributed by atoms with van der Waals surface area (Å²) < 4.78 is 1.53. The lowest BCUT2D eigenvalue weighted by atomic mass is 10.1. The minimum Gasteiger partial charge on any atom is -0.271 e. The normalized spacial score (nSPS) is 10.6. The van der Waals surface area contributed by atoms with Crippen LogP contribution in [0.5, 0.6) is 0 Å². The molecule has 9 heteroatoms. The van der Waals surface area contributed by atoms with Crippen LogP contribution in [0.2, 0.25) is 0 Å². The first-order chi connectivity index (χ1) is 12.0. The molecule has 128 valence electrons. The number of fused-ring (bicyclic) bond motifs is 1. The van der Waals surface area contributed by atoms with E-state index in [-0.39, 0.29) is 17.8 Å². The van der Waals surface area contributed by atoms with Crippen LogP contribution >= 0.6 is 0 Å². The molecule has 3 aromatic rings. The second-order valence-corrected chi connectivity index (χ2v) is 5.53. The summed E-state index contributed by atoms with van der Waals surface area (Å²) in [6, 6.07) is 8.44. The number of carbonyl (C=O) groups excluding carboxylic acids is 2. The average Bonchev–Trinajstić information content (AvgIpc) is 2.90. The van der Waals surface area contributed by atoms with E-state index in [0.29, 0.717) is 10.8 Å².